The van der Waals surface area contributed by atoms with E-state index in [1.165, 1.54) is 12.4 Å². The third-order valence-electron chi connectivity index (χ3n) is 2.09. The first-order valence-electron chi connectivity index (χ1n) is 5.05. The Bertz CT molecular complexity index is 575. The number of halogens is 1. The quantitative estimate of drug-likeness (QED) is 0.729. The molecular weight excluding hydrogens is 254 g/mol. The van der Waals surface area contributed by atoms with Gasteiger partial charge in [-0.05, 0) is 18.2 Å². The van der Waals surface area contributed by atoms with E-state index in [1.54, 1.807) is 24.3 Å². The molecule has 0 aliphatic carbocycles. The van der Waals surface area contributed by atoms with E-state index < -0.39 is 5.91 Å². The van der Waals surface area contributed by atoms with Crippen molar-refractivity contribution in [3.8, 4) is 0 Å². The molecule has 0 aliphatic heterocycles. The molecule has 2 aromatic rings. The van der Waals surface area contributed by atoms with Gasteiger partial charge in [-0.3, -0.25) is 15.6 Å². The summed E-state index contributed by atoms with van der Waals surface area (Å²) in [6, 6.07) is 6.91. The minimum Gasteiger partial charge on any atom is -0.382 e. The molecule has 0 saturated heterocycles. The summed E-state index contributed by atoms with van der Waals surface area (Å²) in [5.74, 6) is -0.400. The predicted octanol–water partition coefficient (Wildman–Crippen LogP) is 1.47. The second-order valence-corrected chi connectivity index (χ2v) is 3.82. The molecule has 7 heteroatoms. The molecule has 0 aliphatic rings. The summed E-state index contributed by atoms with van der Waals surface area (Å²) >= 11 is 5.81. The summed E-state index contributed by atoms with van der Waals surface area (Å²) in [4.78, 5) is 19.4. The Labute approximate surface area is 108 Å². The van der Waals surface area contributed by atoms with Crippen LogP contribution in [0.3, 0.4) is 0 Å². The normalized spacial score (nSPS) is 9.83. The number of anilines is 2. The van der Waals surface area contributed by atoms with Gasteiger partial charge in [0.15, 0.2) is 11.5 Å². The van der Waals surface area contributed by atoms with Crippen molar-refractivity contribution in [1.29, 1.82) is 0 Å². The van der Waals surface area contributed by atoms with E-state index in [0.717, 1.165) is 0 Å². The maximum Gasteiger partial charge on any atom is 0.292 e. The minimum atomic E-state index is -0.472. The summed E-state index contributed by atoms with van der Waals surface area (Å²) < 4.78 is 0. The molecule has 1 aromatic heterocycles. The van der Waals surface area contributed by atoms with Crippen LogP contribution in [0, 0.1) is 0 Å². The fourth-order valence-corrected chi connectivity index (χ4v) is 1.47. The molecule has 2 rings (SSSR count). The van der Waals surface area contributed by atoms with Gasteiger partial charge in [-0.25, -0.2) is 9.97 Å². The Morgan fingerprint density at radius 2 is 2.06 bits per heavy atom. The van der Waals surface area contributed by atoms with Crippen molar-refractivity contribution < 1.29 is 4.79 Å². The van der Waals surface area contributed by atoms with Crippen LogP contribution in [0.2, 0.25) is 5.02 Å². The molecule has 92 valence electrons. The van der Waals surface area contributed by atoms with E-state index in [2.05, 4.69) is 20.8 Å². The molecular formula is C11H10ClN5O. The minimum absolute atomic E-state index is 0.0621. The van der Waals surface area contributed by atoms with Gasteiger partial charge in [-0.1, -0.05) is 17.7 Å². The Kier molecular flexibility index (Phi) is 3.59. The lowest BCUT2D eigenvalue weighted by atomic mass is 10.3. The van der Waals surface area contributed by atoms with Gasteiger partial charge in [0.05, 0.1) is 5.69 Å². The van der Waals surface area contributed by atoms with Gasteiger partial charge in [-0.15, -0.1) is 0 Å². The topological polar surface area (TPSA) is 92.9 Å². The van der Waals surface area contributed by atoms with Gasteiger partial charge in [0, 0.05) is 17.4 Å². The van der Waals surface area contributed by atoms with E-state index in [-0.39, 0.29) is 11.5 Å². The van der Waals surface area contributed by atoms with Crippen molar-refractivity contribution in [3.63, 3.8) is 0 Å². The fourth-order valence-electron chi connectivity index (χ4n) is 1.28. The number of nitrogens with two attached hydrogens (primary N) is 1. The number of amides is 1. The number of hydrogen-bond donors (Lipinski definition) is 3. The Hall–Kier alpha value is -2.34. The van der Waals surface area contributed by atoms with Gasteiger partial charge in [-0.2, -0.15) is 0 Å². The highest BCUT2D eigenvalue weighted by molar-refractivity contribution is 6.30. The van der Waals surface area contributed by atoms with Crippen molar-refractivity contribution in [2.75, 3.05) is 11.2 Å². The first-order valence-corrected chi connectivity index (χ1v) is 5.43. The zero-order chi connectivity index (χ0) is 13.0. The summed E-state index contributed by atoms with van der Waals surface area (Å²) in [6.45, 7) is 0. The van der Waals surface area contributed by atoms with E-state index in [0.29, 0.717) is 10.7 Å². The van der Waals surface area contributed by atoms with Crippen LogP contribution in [0.4, 0.5) is 11.5 Å². The first-order chi connectivity index (χ1) is 8.66. The second-order valence-electron chi connectivity index (χ2n) is 3.38. The standard InChI is InChI=1S/C11H10ClN5O/c12-7-2-1-3-8(6-7)16-17-11(18)9-10(13)15-5-4-14-9/h1-6,16H,(H2,13,15)(H,17,18). The fraction of sp³-hybridized carbons (Fsp3) is 0. The molecule has 1 heterocycles. The van der Waals surface area contributed by atoms with Crippen LogP contribution in [0.15, 0.2) is 36.7 Å². The van der Waals surface area contributed by atoms with Gasteiger partial charge < -0.3 is 5.73 Å². The van der Waals surface area contributed by atoms with Crippen molar-refractivity contribution in [3.05, 3.63) is 47.4 Å². The van der Waals surface area contributed by atoms with E-state index in [4.69, 9.17) is 17.3 Å². The van der Waals surface area contributed by atoms with Crippen LogP contribution in [-0.2, 0) is 0 Å². The average molecular weight is 264 g/mol. The molecule has 18 heavy (non-hydrogen) atoms. The van der Waals surface area contributed by atoms with Crippen LogP contribution in [0.1, 0.15) is 10.5 Å². The van der Waals surface area contributed by atoms with Gasteiger partial charge in [0.25, 0.3) is 5.91 Å². The lowest BCUT2D eigenvalue weighted by molar-refractivity contribution is 0.0958. The first kappa shape index (κ1) is 12.1. The van der Waals surface area contributed by atoms with Crippen LogP contribution in [-0.4, -0.2) is 15.9 Å². The lowest BCUT2D eigenvalue weighted by Gasteiger charge is -2.08. The molecule has 0 saturated carbocycles. The van der Waals surface area contributed by atoms with E-state index >= 15 is 0 Å². The lowest BCUT2D eigenvalue weighted by Crippen LogP contribution is -2.30. The number of nitrogens with zero attached hydrogens (tertiary/aromatic N) is 2. The van der Waals surface area contributed by atoms with Crippen LogP contribution < -0.4 is 16.6 Å². The highest BCUT2D eigenvalue weighted by Gasteiger charge is 2.11. The van der Waals surface area contributed by atoms with Gasteiger partial charge >= 0.3 is 0 Å². The number of nitrogens with one attached hydrogen (secondary N) is 2. The smallest absolute Gasteiger partial charge is 0.292 e. The third-order valence-corrected chi connectivity index (χ3v) is 2.32. The number of hydrazine groups is 1. The average Bonchev–Trinajstić information content (AvgIpc) is 2.37. The molecule has 0 atom stereocenters. The summed E-state index contributed by atoms with van der Waals surface area (Å²) in [5, 5.41) is 0.563. The van der Waals surface area contributed by atoms with E-state index in [9.17, 15) is 4.79 Å². The molecule has 6 nitrogen and oxygen atoms in total. The Morgan fingerprint density at radius 3 is 2.78 bits per heavy atom. The maximum absolute atomic E-state index is 11.7. The number of carbonyl (C=O) groups is 1. The highest BCUT2D eigenvalue weighted by atomic mass is 35.5. The molecule has 0 fully saturated rings. The van der Waals surface area contributed by atoms with Crippen molar-refractivity contribution in [2.24, 2.45) is 0 Å². The maximum atomic E-state index is 11.7. The highest BCUT2D eigenvalue weighted by Crippen LogP contribution is 2.14. The molecule has 0 radical (unpaired) electrons. The number of carbonyl (C=O) groups excluding carboxylic acids is 1. The zero-order valence-corrected chi connectivity index (χ0v) is 9.98. The van der Waals surface area contributed by atoms with Gasteiger partial charge in [0.2, 0.25) is 0 Å². The van der Waals surface area contributed by atoms with E-state index in [1.807, 2.05) is 0 Å². The number of aromatic nitrogens is 2. The molecule has 0 spiro atoms. The second kappa shape index (κ2) is 5.33. The summed E-state index contributed by atoms with van der Waals surface area (Å²) in [6.07, 6.45) is 2.81. The van der Waals surface area contributed by atoms with Crippen LogP contribution >= 0.6 is 11.6 Å². The Morgan fingerprint density at radius 1 is 1.28 bits per heavy atom. The SMILES string of the molecule is Nc1nccnc1C(=O)NNc1cccc(Cl)c1. The zero-order valence-electron chi connectivity index (χ0n) is 9.22. The summed E-state index contributed by atoms with van der Waals surface area (Å²) in [5.41, 5.74) is 11.4. The number of benzene rings is 1. The van der Waals surface area contributed by atoms with Crippen molar-refractivity contribution >= 4 is 29.0 Å². The molecule has 1 amide bonds. The van der Waals surface area contributed by atoms with Crippen LogP contribution in [0.5, 0.6) is 0 Å². The number of hydrogen-bond acceptors (Lipinski definition) is 5. The number of nitrogen functional groups attached to an aromatic ring is 1. The molecule has 0 bridgehead atoms. The third kappa shape index (κ3) is 2.86. The number of rotatable bonds is 3. The van der Waals surface area contributed by atoms with Gasteiger partial charge in [0.1, 0.15) is 0 Å². The molecule has 1 aromatic carbocycles. The predicted molar refractivity (Wildman–Crippen MR) is 69.0 cm³/mol. The van der Waals surface area contributed by atoms with Crippen molar-refractivity contribution in [1.82, 2.24) is 15.4 Å². The van der Waals surface area contributed by atoms with Crippen molar-refractivity contribution in [2.45, 2.75) is 0 Å². The Balaban J connectivity index is 2.03. The largest absolute Gasteiger partial charge is 0.382 e. The molecule has 0 unspecified atom stereocenters. The monoisotopic (exact) mass is 263 g/mol. The van der Waals surface area contributed by atoms with Crippen LogP contribution in [0.25, 0.3) is 0 Å². The molecule has 4 N–H and O–H groups in total. The summed E-state index contributed by atoms with van der Waals surface area (Å²) in [7, 11) is 0.